The van der Waals surface area contributed by atoms with Gasteiger partial charge in [0.1, 0.15) is 17.9 Å². The van der Waals surface area contributed by atoms with Gasteiger partial charge < -0.3 is 9.15 Å². The second kappa shape index (κ2) is 7.02. The molecule has 0 bridgehead atoms. The number of fused-ring (bicyclic) bond motifs is 2. The van der Waals surface area contributed by atoms with E-state index in [2.05, 4.69) is 23.2 Å². The lowest BCUT2D eigenvalue weighted by Gasteiger charge is -2.09. The van der Waals surface area contributed by atoms with Crippen LogP contribution < -0.4 is 4.74 Å². The number of halogens is 1. The highest BCUT2D eigenvalue weighted by Gasteiger charge is 2.12. The van der Waals surface area contributed by atoms with Crippen LogP contribution >= 0.6 is 11.6 Å². The molecule has 5 rings (SSSR count). The Bertz CT molecular complexity index is 1280. The Labute approximate surface area is 167 Å². The fourth-order valence-electron chi connectivity index (χ4n) is 3.29. The van der Waals surface area contributed by atoms with Crippen molar-refractivity contribution in [2.45, 2.75) is 6.61 Å². The molecule has 0 unspecified atom stereocenters. The highest BCUT2D eigenvalue weighted by atomic mass is 35.5. The summed E-state index contributed by atoms with van der Waals surface area (Å²) in [5.74, 6) is 1.42. The molecule has 0 saturated heterocycles. The van der Waals surface area contributed by atoms with E-state index in [0.717, 1.165) is 38.7 Å². The first-order valence-electron chi connectivity index (χ1n) is 9.02. The SMILES string of the molecule is Clc1ccc2oc(-c3cccc4cc(OCc5ccccc5)ccc34)nc2c1. The van der Waals surface area contributed by atoms with E-state index in [-0.39, 0.29) is 0 Å². The predicted octanol–water partition coefficient (Wildman–Crippen LogP) is 6.88. The van der Waals surface area contributed by atoms with E-state index in [1.165, 1.54) is 0 Å². The molecular formula is C24H16ClNO2. The Balaban J connectivity index is 1.50. The van der Waals surface area contributed by atoms with E-state index in [9.17, 15) is 0 Å². The molecule has 4 heteroatoms. The van der Waals surface area contributed by atoms with Crippen molar-refractivity contribution >= 4 is 33.5 Å². The second-order valence-corrected chi connectivity index (χ2v) is 7.03. The molecule has 0 radical (unpaired) electrons. The van der Waals surface area contributed by atoms with Crippen LogP contribution in [0.15, 0.2) is 89.3 Å². The number of hydrogen-bond acceptors (Lipinski definition) is 3. The van der Waals surface area contributed by atoms with Crippen LogP contribution in [0.5, 0.6) is 5.75 Å². The minimum Gasteiger partial charge on any atom is -0.489 e. The fraction of sp³-hybridized carbons (Fsp3) is 0.0417. The van der Waals surface area contributed by atoms with Crippen LogP contribution in [0.3, 0.4) is 0 Å². The molecule has 1 heterocycles. The molecule has 5 aromatic rings. The van der Waals surface area contributed by atoms with Crippen molar-refractivity contribution in [3.05, 3.63) is 95.5 Å². The van der Waals surface area contributed by atoms with Crippen molar-refractivity contribution in [2.24, 2.45) is 0 Å². The summed E-state index contributed by atoms with van der Waals surface area (Å²) in [4.78, 5) is 4.61. The van der Waals surface area contributed by atoms with E-state index in [0.29, 0.717) is 17.5 Å². The van der Waals surface area contributed by atoms with Gasteiger partial charge in [-0.05, 0) is 58.8 Å². The summed E-state index contributed by atoms with van der Waals surface area (Å²) in [7, 11) is 0. The standard InChI is InChI=1S/C24H16ClNO2/c25-18-9-12-23-22(14-18)26-24(28-23)21-8-4-7-17-13-19(10-11-20(17)21)27-15-16-5-2-1-3-6-16/h1-14H,15H2. The van der Waals surface area contributed by atoms with E-state index in [4.69, 9.17) is 20.8 Å². The molecule has 28 heavy (non-hydrogen) atoms. The maximum Gasteiger partial charge on any atom is 0.227 e. The Morgan fingerprint density at radius 3 is 2.64 bits per heavy atom. The van der Waals surface area contributed by atoms with Crippen molar-refractivity contribution < 1.29 is 9.15 Å². The van der Waals surface area contributed by atoms with E-state index >= 15 is 0 Å². The zero-order valence-corrected chi connectivity index (χ0v) is 15.7. The Morgan fingerprint density at radius 2 is 1.75 bits per heavy atom. The quantitative estimate of drug-likeness (QED) is 0.338. The molecule has 0 amide bonds. The van der Waals surface area contributed by atoms with Crippen molar-refractivity contribution in [2.75, 3.05) is 0 Å². The van der Waals surface area contributed by atoms with Crippen LogP contribution in [0.2, 0.25) is 5.02 Å². The molecule has 0 saturated carbocycles. The van der Waals surface area contributed by atoms with Crippen LogP contribution in [0.4, 0.5) is 0 Å². The topological polar surface area (TPSA) is 35.3 Å². The van der Waals surface area contributed by atoms with Crippen molar-refractivity contribution in [3.8, 4) is 17.2 Å². The van der Waals surface area contributed by atoms with Crippen LogP contribution in [0.25, 0.3) is 33.3 Å². The maximum atomic E-state index is 6.06. The lowest BCUT2D eigenvalue weighted by Crippen LogP contribution is -1.94. The summed E-state index contributed by atoms with van der Waals surface area (Å²) in [6, 6.07) is 27.7. The van der Waals surface area contributed by atoms with Crippen molar-refractivity contribution in [1.29, 1.82) is 0 Å². The zero-order valence-electron chi connectivity index (χ0n) is 14.9. The summed E-state index contributed by atoms with van der Waals surface area (Å²) < 4.78 is 11.9. The highest BCUT2D eigenvalue weighted by molar-refractivity contribution is 6.31. The van der Waals surface area contributed by atoms with Gasteiger partial charge in [-0.2, -0.15) is 0 Å². The Kier molecular flexibility index (Phi) is 4.22. The minimum atomic E-state index is 0.540. The van der Waals surface area contributed by atoms with E-state index in [1.54, 1.807) is 6.07 Å². The van der Waals surface area contributed by atoms with E-state index < -0.39 is 0 Å². The molecule has 0 fully saturated rings. The summed E-state index contributed by atoms with van der Waals surface area (Å²) in [5, 5.41) is 2.78. The van der Waals surface area contributed by atoms with Crippen LogP contribution in [-0.4, -0.2) is 4.98 Å². The highest BCUT2D eigenvalue weighted by Crippen LogP contribution is 2.33. The third-order valence-corrected chi connectivity index (χ3v) is 4.92. The molecule has 0 N–H and O–H groups in total. The van der Waals surface area contributed by atoms with E-state index in [1.807, 2.05) is 60.7 Å². The van der Waals surface area contributed by atoms with Crippen molar-refractivity contribution in [1.82, 2.24) is 4.98 Å². The van der Waals surface area contributed by atoms with Crippen LogP contribution in [0, 0.1) is 0 Å². The van der Waals surface area contributed by atoms with Gasteiger partial charge in [0.25, 0.3) is 0 Å². The molecule has 136 valence electrons. The number of oxazole rings is 1. The Morgan fingerprint density at radius 1 is 0.857 bits per heavy atom. The van der Waals surface area contributed by atoms with Gasteiger partial charge in [0.05, 0.1) is 0 Å². The fourth-order valence-corrected chi connectivity index (χ4v) is 3.46. The second-order valence-electron chi connectivity index (χ2n) is 6.59. The molecule has 4 aromatic carbocycles. The number of aromatic nitrogens is 1. The van der Waals surface area contributed by atoms with Gasteiger partial charge in [-0.1, -0.05) is 54.1 Å². The molecular weight excluding hydrogens is 370 g/mol. The lowest BCUT2D eigenvalue weighted by atomic mass is 10.0. The maximum absolute atomic E-state index is 6.06. The van der Waals surface area contributed by atoms with Gasteiger partial charge in [0.15, 0.2) is 5.58 Å². The lowest BCUT2D eigenvalue weighted by molar-refractivity contribution is 0.306. The van der Waals surface area contributed by atoms with Gasteiger partial charge in [-0.25, -0.2) is 4.98 Å². The average molecular weight is 386 g/mol. The smallest absolute Gasteiger partial charge is 0.227 e. The average Bonchev–Trinajstić information content (AvgIpc) is 3.15. The minimum absolute atomic E-state index is 0.540. The number of nitrogens with zero attached hydrogens (tertiary/aromatic N) is 1. The summed E-state index contributed by atoms with van der Waals surface area (Å²) in [6.07, 6.45) is 0. The molecule has 0 aliphatic rings. The number of hydrogen-bond donors (Lipinski definition) is 0. The molecule has 0 aliphatic carbocycles. The number of rotatable bonds is 4. The molecule has 1 aromatic heterocycles. The Hall–Kier alpha value is -3.30. The van der Waals surface area contributed by atoms with Crippen molar-refractivity contribution in [3.63, 3.8) is 0 Å². The van der Waals surface area contributed by atoms with Gasteiger partial charge in [0, 0.05) is 10.6 Å². The third kappa shape index (κ3) is 3.21. The van der Waals surface area contributed by atoms with Gasteiger partial charge >= 0.3 is 0 Å². The van der Waals surface area contributed by atoms with Gasteiger partial charge in [0.2, 0.25) is 5.89 Å². The molecule has 0 atom stereocenters. The third-order valence-electron chi connectivity index (χ3n) is 4.68. The first kappa shape index (κ1) is 16.8. The first-order valence-corrected chi connectivity index (χ1v) is 9.40. The first-order chi connectivity index (χ1) is 13.8. The summed E-state index contributed by atoms with van der Waals surface area (Å²) in [5.41, 5.74) is 3.56. The largest absolute Gasteiger partial charge is 0.489 e. The van der Waals surface area contributed by atoms with Crippen LogP contribution in [-0.2, 0) is 6.61 Å². The van der Waals surface area contributed by atoms with Gasteiger partial charge in [-0.3, -0.25) is 0 Å². The monoisotopic (exact) mass is 385 g/mol. The molecule has 0 aliphatic heterocycles. The zero-order chi connectivity index (χ0) is 18.9. The predicted molar refractivity (Wildman–Crippen MR) is 113 cm³/mol. The number of ether oxygens (including phenoxy) is 1. The normalized spacial score (nSPS) is 11.2. The van der Waals surface area contributed by atoms with Crippen LogP contribution in [0.1, 0.15) is 5.56 Å². The summed E-state index contributed by atoms with van der Waals surface area (Å²) >= 11 is 6.06. The summed E-state index contributed by atoms with van der Waals surface area (Å²) in [6.45, 7) is 0.540. The molecule has 3 nitrogen and oxygen atoms in total. The van der Waals surface area contributed by atoms with Gasteiger partial charge in [-0.15, -0.1) is 0 Å². The number of benzene rings is 4. The molecule has 0 spiro atoms.